The molecule has 9 nitrogen and oxygen atoms in total. The lowest BCUT2D eigenvalue weighted by Crippen LogP contribution is -2.05. The molecule has 27 heavy (non-hydrogen) atoms. The average molecular weight is 369 g/mol. The van der Waals surface area contributed by atoms with Crippen molar-refractivity contribution in [3.63, 3.8) is 0 Å². The Morgan fingerprint density at radius 3 is 2.48 bits per heavy atom. The summed E-state index contributed by atoms with van der Waals surface area (Å²) in [4.78, 5) is 29.1. The summed E-state index contributed by atoms with van der Waals surface area (Å²) in [5.41, 5.74) is 0.453. The molecule has 0 fully saturated rings. The normalized spacial score (nSPS) is 10.3. The number of carbonyl (C=O) groups is 1. The van der Waals surface area contributed by atoms with E-state index >= 15 is 0 Å². The molecule has 3 aromatic rings. The molecule has 2 aromatic carbocycles. The third-order valence-corrected chi connectivity index (χ3v) is 3.49. The first-order chi connectivity index (χ1) is 12.9. The molecule has 136 valence electrons. The van der Waals surface area contributed by atoms with Gasteiger partial charge in [-0.15, -0.1) is 0 Å². The second-order valence-corrected chi connectivity index (χ2v) is 5.30. The van der Waals surface area contributed by atoms with Gasteiger partial charge in [0.25, 0.3) is 5.69 Å². The van der Waals surface area contributed by atoms with E-state index in [1.54, 1.807) is 6.07 Å². The van der Waals surface area contributed by atoms with Gasteiger partial charge in [0, 0.05) is 11.8 Å². The highest BCUT2D eigenvalue weighted by molar-refractivity contribution is 5.88. The molecule has 0 amide bonds. The third kappa shape index (κ3) is 4.12. The highest BCUT2D eigenvalue weighted by Crippen LogP contribution is 2.27. The fraction of sp³-hybridized carbons (Fsp3) is 0. The Balaban J connectivity index is 1.84. The zero-order valence-electron chi connectivity index (χ0n) is 13.6. The quantitative estimate of drug-likeness (QED) is 0.443. The van der Waals surface area contributed by atoms with Crippen LogP contribution in [0, 0.1) is 15.9 Å². The first kappa shape index (κ1) is 17.7. The van der Waals surface area contributed by atoms with E-state index in [1.807, 2.05) is 0 Å². The van der Waals surface area contributed by atoms with Gasteiger partial charge in [-0.1, -0.05) is 12.1 Å². The van der Waals surface area contributed by atoms with Gasteiger partial charge in [0.15, 0.2) is 11.6 Å². The Kier molecular flexibility index (Phi) is 4.88. The Morgan fingerprint density at radius 2 is 1.81 bits per heavy atom. The molecule has 3 rings (SSSR count). The van der Waals surface area contributed by atoms with E-state index in [0.717, 1.165) is 6.20 Å². The van der Waals surface area contributed by atoms with Crippen molar-refractivity contribution in [2.24, 2.45) is 0 Å². The molecule has 0 saturated carbocycles. The summed E-state index contributed by atoms with van der Waals surface area (Å²) in [6, 6.07) is 11.6. The van der Waals surface area contributed by atoms with E-state index in [1.165, 1.54) is 42.5 Å². The number of hydrogen-bond acceptors (Lipinski definition) is 7. The second-order valence-electron chi connectivity index (χ2n) is 5.30. The zero-order valence-corrected chi connectivity index (χ0v) is 13.6. The smallest absolute Gasteiger partial charge is 0.335 e. The zero-order chi connectivity index (χ0) is 19.4. The summed E-state index contributed by atoms with van der Waals surface area (Å²) in [5.74, 6) is -2.07. The van der Waals surface area contributed by atoms with Crippen LogP contribution >= 0.6 is 0 Å². The minimum absolute atomic E-state index is 0.0283. The number of nitrogens with zero attached hydrogens (tertiary/aromatic N) is 3. The molecule has 0 aliphatic rings. The number of carboxylic acid groups (broad SMARTS) is 1. The van der Waals surface area contributed by atoms with E-state index in [4.69, 9.17) is 5.11 Å². The minimum Gasteiger partial charge on any atom is -0.478 e. The number of hydrogen-bond donors (Lipinski definition) is 3. The lowest BCUT2D eigenvalue weighted by Gasteiger charge is -2.10. The van der Waals surface area contributed by atoms with Gasteiger partial charge < -0.3 is 15.7 Å². The van der Waals surface area contributed by atoms with Crippen molar-refractivity contribution in [1.29, 1.82) is 0 Å². The molecular formula is C17H12FN5O4. The van der Waals surface area contributed by atoms with Crippen molar-refractivity contribution in [1.82, 2.24) is 9.97 Å². The van der Waals surface area contributed by atoms with Gasteiger partial charge in [0.1, 0.15) is 5.69 Å². The molecule has 0 unspecified atom stereocenters. The van der Waals surface area contributed by atoms with Crippen LogP contribution < -0.4 is 10.6 Å². The maximum Gasteiger partial charge on any atom is 0.335 e. The number of carboxylic acids is 1. The fourth-order valence-electron chi connectivity index (χ4n) is 2.21. The highest BCUT2D eigenvalue weighted by atomic mass is 19.1. The SMILES string of the molecule is O=C(O)c1ccc(Nc2ncc(F)c(Nc3ccccc3[N+](=O)[O-])n2)cc1. The van der Waals surface area contributed by atoms with E-state index in [2.05, 4.69) is 20.6 Å². The topological polar surface area (TPSA) is 130 Å². The van der Waals surface area contributed by atoms with Gasteiger partial charge in [0.05, 0.1) is 16.7 Å². The largest absolute Gasteiger partial charge is 0.478 e. The summed E-state index contributed by atoms with van der Waals surface area (Å²) in [6.45, 7) is 0. The highest BCUT2D eigenvalue weighted by Gasteiger charge is 2.15. The van der Waals surface area contributed by atoms with Crippen LogP contribution in [-0.4, -0.2) is 26.0 Å². The lowest BCUT2D eigenvalue weighted by molar-refractivity contribution is -0.383. The molecule has 3 N–H and O–H groups in total. The van der Waals surface area contributed by atoms with Crippen LogP contribution in [0.4, 0.5) is 33.2 Å². The molecular weight excluding hydrogens is 357 g/mol. The molecule has 0 bridgehead atoms. The first-order valence-corrected chi connectivity index (χ1v) is 7.57. The predicted molar refractivity (Wildman–Crippen MR) is 95.1 cm³/mol. The summed E-state index contributed by atoms with van der Waals surface area (Å²) in [5, 5.41) is 25.3. The van der Waals surface area contributed by atoms with Crippen molar-refractivity contribution in [3.8, 4) is 0 Å². The molecule has 0 aliphatic carbocycles. The number of nitro benzene ring substituents is 1. The summed E-state index contributed by atoms with van der Waals surface area (Å²) < 4.78 is 14.0. The van der Waals surface area contributed by atoms with Crippen LogP contribution in [0.3, 0.4) is 0 Å². The average Bonchev–Trinajstić information content (AvgIpc) is 2.65. The van der Waals surface area contributed by atoms with Crippen LogP contribution in [0.15, 0.2) is 54.7 Å². The Hall–Kier alpha value is -4.08. The van der Waals surface area contributed by atoms with E-state index in [9.17, 15) is 19.3 Å². The number of rotatable bonds is 6. The monoisotopic (exact) mass is 369 g/mol. The molecule has 0 saturated heterocycles. The van der Waals surface area contributed by atoms with Crippen molar-refractivity contribution in [2.45, 2.75) is 0 Å². The Morgan fingerprint density at radius 1 is 1.11 bits per heavy atom. The van der Waals surface area contributed by atoms with Gasteiger partial charge in [-0.3, -0.25) is 10.1 Å². The van der Waals surface area contributed by atoms with Crippen molar-refractivity contribution in [2.75, 3.05) is 10.6 Å². The Bertz CT molecular complexity index is 1010. The number of benzene rings is 2. The molecule has 0 aliphatic heterocycles. The van der Waals surface area contributed by atoms with Crippen LogP contribution in [0.1, 0.15) is 10.4 Å². The summed E-state index contributed by atoms with van der Waals surface area (Å²) >= 11 is 0. The molecule has 0 spiro atoms. The predicted octanol–water partition coefficient (Wildman–Crippen LogP) is 3.71. The maximum atomic E-state index is 14.0. The van der Waals surface area contributed by atoms with Crippen LogP contribution in [-0.2, 0) is 0 Å². The molecule has 1 heterocycles. The number of nitrogens with one attached hydrogen (secondary N) is 2. The minimum atomic E-state index is -1.06. The van der Waals surface area contributed by atoms with Crippen molar-refractivity contribution >= 4 is 34.8 Å². The number of aromatic carboxylic acids is 1. The standard InChI is InChI=1S/C17H12FN5O4/c18-12-9-19-17(20-11-7-5-10(6-8-11)16(24)25)22-15(12)21-13-3-1-2-4-14(13)23(26)27/h1-9H,(H,24,25)(H2,19,20,21,22). The van der Waals surface area contributed by atoms with Crippen LogP contribution in [0.2, 0.25) is 0 Å². The van der Waals surface area contributed by atoms with E-state index in [-0.39, 0.29) is 28.7 Å². The van der Waals surface area contributed by atoms with Gasteiger partial charge in [-0.25, -0.2) is 14.2 Å². The van der Waals surface area contributed by atoms with Gasteiger partial charge in [-0.2, -0.15) is 4.98 Å². The third-order valence-electron chi connectivity index (χ3n) is 3.49. The summed E-state index contributed by atoms with van der Waals surface area (Å²) in [7, 11) is 0. The van der Waals surface area contributed by atoms with Crippen LogP contribution in [0.25, 0.3) is 0 Å². The first-order valence-electron chi connectivity index (χ1n) is 7.57. The van der Waals surface area contributed by atoms with Crippen LogP contribution in [0.5, 0.6) is 0 Å². The number of anilines is 4. The lowest BCUT2D eigenvalue weighted by atomic mass is 10.2. The van der Waals surface area contributed by atoms with E-state index in [0.29, 0.717) is 5.69 Å². The molecule has 10 heteroatoms. The Labute approximate surface area is 151 Å². The van der Waals surface area contributed by atoms with Gasteiger partial charge in [0.2, 0.25) is 5.95 Å². The number of nitro groups is 1. The summed E-state index contributed by atoms with van der Waals surface area (Å²) in [6.07, 6.45) is 0.915. The fourth-order valence-corrected chi connectivity index (χ4v) is 2.21. The van der Waals surface area contributed by atoms with Gasteiger partial charge in [-0.05, 0) is 30.3 Å². The molecule has 0 atom stereocenters. The maximum absolute atomic E-state index is 14.0. The second kappa shape index (κ2) is 7.44. The van der Waals surface area contributed by atoms with E-state index < -0.39 is 16.7 Å². The molecule has 0 radical (unpaired) electrons. The molecule has 1 aromatic heterocycles. The van der Waals surface area contributed by atoms with Crippen molar-refractivity contribution in [3.05, 3.63) is 76.2 Å². The number of aromatic nitrogens is 2. The number of para-hydroxylation sites is 2. The van der Waals surface area contributed by atoms with Crippen molar-refractivity contribution < 1.29 is 19.2 Å². The van der Waals surface area contributed by atoms with Gasteiger partial charge >= 0.3 is 5.97 Å². The number of halogens is 1.